The molecule has 0 aliphatic carbocycles. The maximum absolute atomic E-state index is 12.8. The number of methoxy groups -OCH3 is 1. The molecule has 0 fully saturated rings. The van der Waals surface area contributed by atoms with Crippen molar-refractivity contribution in [2.24, 2.45) is 0 Å². The Morgan fingerprint density at radius 2 is 1.87 bits per heavy atom. The third-order valence-corrected chi connectivity index (χ3v) is 4.42. The van der Waals surface area contributed by atoms with Gasteiger partial charge in [0, 0.05) is 24.9 Å². The summed E-state index contributed by atoms with van der Waals surface area (Å²) in [6.45, 7) is 0.514. The molecule has 3 nitrogen and oxygen atoms in total. The van der Waals surface area contributed by atoms with Crippen LogP contribution in [-0.4, -0.2) is 30.7 Å². The van der Waals surface area contributed by atoms with Gasteiger partial charge in [-0.05, 0) is 23.8 Å². The molecule has 2 rings (SSSR count). The maximum atomic E-state index is 12.8. The van der Waals surface area contributed by atoms with Gasteiger partial charge in [0.05, 0.1) is 12.9 Å². The molecule has 0 saturated heterocycles. The zero-order valence-electron chi connectivity index (χ0n) is 13.3. The van der Waals surface area contributed by atoms with Gasteiger partial charge in [-0.3, -0.25) is 4.79 Å². The van der Waals surface area contributed by atoms with E-state index in [0.717, 1.165) is 16.9 Å². The number of hydrogen-bond acceptors (Lipinski definition) is 3. The number of nitrogens with zero attached hydrogens (tertiary/aromatic N) is 1. The van der Waals surface area contributed by atoms with Gasteiger partial charge in [-0.2, -0.15) is 0 Å². The smallest absolute Gasteiger partial charge is 0.232 e. The Labute approximate surface area is 140 Å². The van der Waals surface area contributed by atoms with Crippen LogP contribution in [0.4, 0.5) is 4.39 Å². The average Bonchev–Trinajstić information content (AvgIpc) is 2.57. The first-order valence-corrected chi connectivity index (χ1v) is 8.43. The fraction of sp³-hybridized carbons (Fsp3) is 0.278. The van der Waals surface area contributed by atoms with Crippen LogP contribution >= 0.6 is 11.8 Å². The van der Waals surface area contributed by atoms with Crippen molar-refractivity contribution in [3.63, 3.8) is 0 Å². The highest BCUT2D eigenvalue weighted by atomic mass is 32.2. The molecule has 2 aromatic carbocycles. The van der Waals surface area contributed by atoms with Crippen LogP contribution in [0.1, 0.15) is 11.1 Å². The molecular formula is C18H20FNO2S. The zero-order chi connectivity index (χ0) is 16.7. The summed E-state index contributed by atoms with van der Waals surface area (Å²) >= 11 is 1.52. The molecule has 0 N–H and O–H groups in total. The maximum Gasteiger partial charge on any atom is 0.232 e. The summed E-state index contributed by atoms with van der Waals surface area (Å²) in [4.78, 5) is 13.9. The van der Waals surface area contributed by atoms with Crippen LogP contribution in [0.15, 0.2) is 48.5 Å². The van der Waals surface area contributed by atoms with Crippen LogP contribution in [0.25, 0.3) is 0 Å². The van der Waals surface area contributed by atoms with Crippen molar-refractivity contribution in [1.29, 1.82) is 0 Å². The lowest BCUT2D eigenvalue weighted by Crippen LogP contribution is -2.28. The van der Waals surface area contributed by atoms with Crippen LogP contribution in [0.5, 0.6) is 5.75 Å². The summed E-state index contributed by atoms with van der Waals surface area (Å²) < 4.78 is 18.1. The topological polar surface area (TPSA) is 29.5 Å². The van der Waals surface area contributed by atoms with Crippen molar-refractivity contribution in [3.05, 3.63) is 65.5 Å². The van der Waals surface area contributed by atoms with Crippen LogP contribution in [-0.2, 0) is 17.1 Å². The Morgan fingerprint density at radius 3 is 2.57 bits per heavy atom. The number of amides is 1. The predicted molar refractivity (Wildman–Crippen MR) is 92.0 cm³/mol. The molecule has 5 heteroatoms. The average molecular weight is 333 g/mol. The monoisotopic (exact) mass is 333 g/mol. The molecule has 0 spiro atoms. The third-order valence-electron chi connectivity index (χ3n) is 3.43. The van der Waals surface area contributed by atoms with E-state index in [2.05, 4.69) is 0 Å². The standard InChI is InChI=1S/C18H20FNO2S/c1-20(11-15-5-3-4-6-17(15)22-2)18(21)13-23-12-14-7-9-16(19)10-8-14/h3-10H,11-13H2,1-2H3. The highest BCUT2D eigenvalue weighted by Gasteiger charge is 2.11. The van der Waals surface area contributed by atoms with Gasteiger partial charge < -0.3 is 9.64 Å². The molecule has 0 aliphatic rings. The lowest BCUT2D eigenvalue weighted by atomic mass is 10.2. The number of carbonyl (C=O) groups excluding carboxylic acids is 1. The number of para-hydroxylation sites is 1. The van der Waals surface area contributed by atoms with Crippen LogP contribution in [0, 0.1) is 5.82 Å². The molecular weight excluding hydrogens is 313 g/mol. The summed E-state index contributed by atoms with van der Waals surface area (Å²) in [5, 5.41) is 0. The minimum absolute atomic E-state index is 0.0583. The van der Waals surface area contributed by atoms with E-state index in [-0.39, 0.29) is 11.7 Å². The van der Waals surface area contributed by atoms with E-state index in [1.807, 2.05) is 24.3 Å². The highest BCUT2D eigenvalue weighted by Crippen LogP contribution is 2.19. The Bertz CT molecular complexity index is 646. The first kappa shape index (κ1) is 17.3. The van der Waals surface area contributed by atoms with Crippen LogP contribution in [0.3, 0.4) is 0 Å². The van der Waals surface area contributed by atoms with E-state index in [1.54, 1.807) is 31.2 Å². The van der Waals surface area contributed by atoms with E-state index >= 15 is 0 Å². The highest BCUT2D eigenvalue weighted by molar-refractivity contribution is 7.99. The van der Waals surface area contributed by atoms with E-state index in [9.17, 15) is 9.18 Å². The minimum Gasteiger partial charge on any atom is -0.496 e. The summed E-state index contributed by atoms with van der Waals surface area (Å²) in [5.74, 6) is 1.68. The van der Waals surface area contributed by atoms with Gasteiger partial charge in [-0.15, -0.1) is 11.8 Å². The number of ether oxygens (including phenoxy) is 1. The zero-order valence-corrected chi connectivity index (χ0v) is 14.1. The summed E-state index contributed by atoms with van der Waals surface area (Å²) in [7, 11) is 3.41. The molecule has 23 heavy (non-hydrogen) atoms. The van der Waals surface area contributed by atoms with E-state index in [1.165, 1.54) is 23.9 Å². The summed E-state index contributed by atoms with van der Waals surface area (Å²) in [6, 6.07) is 14.0. The number of carbonyl (C=O) groups is 1. The van der Waals surface area contributed by atoms with Crippen molar-refractivity contribution in [3.8, 4) is 5.75 Å². The van der Waals surface area contributed by atoms with Gasteiger partial charge >= 0.3 is 0 Å². The summed E-state index contributed by atoms with van der Waals surface area (Å²) in [6.07, 6.45) is 0. The largest absolute Gasteiger partial charge is 0.496 e. The Balaban J connectivity index is 1.81. The Hall–Kier alpha value is -2.01. The minimum atomic E-state index is -0.244. The molecule has 0 aromatic heterocycles. The molecule has 1 amide bonds. The quantitative estimate of drug-likeness (QED) is 0.773. The van der Waals surface area contributed by atoms with Gasteiger partial charge in [0.1, 0.15) is 11.6 Å². The molecule has 2 aromatic rings. The number of hydrogen-bond donors (Lipinski definition) is 0. The normalized spacial score (nSPS) is 10.4. The molecule has 122 valence electrons. The van der Waals surface area contributed by atoms with Crippen molar-refractivity contribution in [2.75, 3.05) is 19.9 Å². The lowest BCUT2D eigenvalue weighted by molar-refractivity contribution is -0.127. The molecule has 0 aliphatic heterocycles. The van der Waals surface area contributed by atoms with Crippen LogP contribution < -0.4 is 4.74 Å². The number of thioether (sulfide) groups is 1. The number of benzene rings is 2. The first-order valence-electron chi connectivity index (χ1n) is 7.28. The molecule has 0 bridgehead atoms. The first-order chi connectivity index (χ1) is 11.1. The molecule has 0 atom stereocenters. The fourth-order valence-electron chi connectivity index (χ4n) is 2.12. The summed E-state index contributed by atoms with van der Waals surface area (Å²) in [5.41, 5.74) is 1.99. The van der Waals surface area contributed by atoms with Gasteiger partial charge in [-0.1, -0.05) is 30.3 Å². The molecule has 0 heterocycles. The van der Waals surface area contributed by atoms with Crippen molar-refractivity contribution in [2.45, 2.75) is 12.3 Å². The molecule has 0 radical (unpaired) electrons. The second kappa shape index (κ2) is 8.58. The second-order valence-corrected chi connectivity index (χ2v) is 6.17. The Morgan fingerprint density at radius 1 is 1.17 bits per heavy atom. The van der Waals surface area contributed by atoms with Crippen molar-refractivity contribution < 1.29 is 13.9 Å². The van der Waals surface area contributed by atoms with Crippen molar-refractivity contribution in [1.82, 2.24) is 4.90 Å². The van der Waals surface area contributed by atoms with Gasteiger partial charge in [0.15, 0.2) is 0 Å². The fourth-order valence-corrected chi connectivity index (χ4v) is 3.05. The van der Waals surface area contributed by atoms with Crippen LogP contribution in [0.2, 0.25) is 0 Å². The molecule has 0 unspecified atom stereocenters. The Kier molecular flexibility index (Phi) is 6.47. The van der Waals surface area contributed by atoms with Crippen molar-refractivity contribution >= 4 is 17.7 Å². The molecule has 0 saturated carbocycles. The van der Waals surface area contributed by atoms with Gasteiger partial charge in [0.2, 0.25) is 5.91 Å². The predicted octanol–water partition coefficient (Wildman–Crippen LogP) is 3.73. The second-order valence-electron chi connectivity index (χ2n) is 5.18. The third kappa shape index (κ3) is 5.28. The lowest BCUT2D eigenvalue weighted by Gasteiger charge is -2.18. The van der Waals surface area contributed by atoms with Gasteiger partial charge in [-0.25, -0.2) is 4.39 Å². The van der Waals surface area contributed by atoms with Gasteiger partial charge in [0.25, 0.3) is 0 Å². The number of halogens is 1. The van der Waals surface area contributed by atoms with E-state index < -0.39 is 0 Å². The SMILES string of the molecule is COc1ccccc1CN(C)C(=O)CSCc1ccc(F)cc1. The van der Waals surface area contributed by atoms with E-state index in [0.29, 0.717) is 18.1 Å². The number of rotatable bonds is 7. The van der Waals surface area contributed by atoms with E-state index in [4.69, 9.17) is 4.74 Å².